The molecular weight excluding hydrogens is 287 g/mol. The Labute approximate surface area is 126 Å². The zero-order valence-electron chi connectivity index (χ0n) is 11.3. The van der Waals surface area contributed by atoms with E-state index in [9.17, 15) is 9.18 Å². The molecule has 1 atom stereocenters. The Morgan fingerprint density at radius 3 is 2.57 bits per heavy atom. The van der Waals surface area contributed by atoms with Crippen LogP contribution in [0.2, 0.25) is 0 Å². The summed E-state index contributed by atoms with van der Waals surface area (Å²) in [6.07, 6.45) is 0. The van der Waals surface area contributed by atoms with Crippen molar-refractivity contribution in [2.45, 2.75) is 17.1 Å². The normalized spacial score (nSPS) is 11.5. The molecule has 0 aliphatic carbocycles. The third kappa shape index (κ3) is 4.07. The summed E-state index contributed by atoms with van der Waals surface area (Å²) >= 11 is 1.33. The van der Waals surface area contributed by atoms with Crippen molar-refractivity contribution in [1.29, 1.82) is 5.26 Å². The number of anilines is 1. The van der Waals surface area contributed by atoms with Crippen LogP contribution in [-0.2, 0) is 4.79 Å². The average molecular weight is 300 g/mol. The van der Waals surface area contributed by atoms with Gasteiger partial charge in [0.05, 0.1) is 16.5 Å². The van der Waals surface area contributed by atoms with Crippen LogP contribution in [0.5, 0.6) is 0 Å². The number of benzene rings is 2. The minimum absolute atomic E-state index is 0.202. The van der Waals surface area contributed by atoms with Crippen molar-refractivity contribution >= 4 is 23.4 Å². The number of hydrogen-bond donors (Lipinski definition) is 1. The lowest BCUT2D eigenvalue weighted by molar-refractivity contribution is -0.115. The van der Waals surface area contributed by atoms with E-state index in [4.69, 9.17) is 5.26 Å². The summed E-state index contributed by atoms with van der Waals surface area (Å²) in [4.78, 5) is 12.9. The molecule has 1 amide bonds. The minimum atomic E-state index is -0.359. The molecule has 2 aromatic rings. The van der Waals surface area contributed by atoms with Crippen molar-refractivity contribution in [3.63, 3.8) is 0 Å². The number of nitriles is 1. The summed E-state index contributed by atoms with van der Waals surface area (Å²) in [5, 5.41) is 11.4. The van der Waals surface area contributed by atoms with E-state index in [1.54, 1.807) is 43.3 Å². The van der Waals surface area contributed by atoms with E-state index < -0.39 is 0 Å². The second-order valence-corrected chi connectivity index (χ2v) is 5.77. The molecule has 0 spiro atoms. The Morgan fingerprint density at radius 2 is 1.90 bits per heavy atom. The van der Waals surface area contributed by atoms with E-state index in [2.05, 4.69) is 5.32 Å². The fourth-order valence-electron chi connectivity index (χ4n) is 1.69. The van der Waals surface area contributed by atoms with E-state index in [1.807, 2.05) is 6.07 Å². The SMILES string of the molecule is C[C@@H](Sc1ccc(F)cc1)C(=O)Nc1ccccc1C#N. The van der Waals surface area contributed by atoms with Gasteiger partial charge in [-0.1, -0.05) is 12.1 Å². The van der Waals surface area contributed by atoms with E-state index in [1.165, 1.54) is 23.9 Å². The zero-order valence-corrected chi connectivity index (χ0v) is 12.2. The highest BCUT2D eigenvalue weighted by Gasteiger charge is 2.15. The molecule has 5 heteroatoms. The van der Waals surface area contributed by atoms with Gasteiger partial charge in [-0.25, -0.2) is 4.39 Å². The van der Waals surface area contributed by atoms with Crippen molar-refractivity contribution < 1.29 is 9.18 Å². The third-order valence-electron chi connectivity index (χ3n) is 2.80. The van der Waals surface area contributed by atoms with E-state index in [0.717, 1.165) is 4.90 Å². The molecule has 0 saturated carbocycles. The van der Waals surface area contributed by atoms with Crippen LogP contribution in [0.1, 0.15) is 12.5 Å². The molecular formula is C16H13FN2OS. The van der Waals surface area contributed by atoms with Crippen LogP contribution in [0.25, 0.3) is 0 Å². The second kappa shape index (κ2) is 6.91. The number of amides is 1. The van der Waals surface area contributed by atoms with Crippen LogP contribution in [-0.4, -0.2) is 11.2 Å². The van der Waals surface area contributed by atoms with E-state index in [0.29, 0.717) is 11.3 Å². The zero-order chi connectivity index (χ0) is 15.2. The molecule has 2 aromatic carbocycles. The number of carbonyl (C=O) groups excluding carboxylic acids is 1. The summed E-state index contributed by atoms with van der Waals surface area (Å²) in [5.74, 6) is -0.508. The molecule has 0 aromatic heterocycles. The van der Waals surface area contributed by atoms with Gasteiger partial charge < -0.3 is 5.32 Å². The first-order valence-electron chi connectivity index (χ1n) is 6.32. The maximum atomic E-state index is 12.8. The van der Waals surface area contributed by atoms with Crippen LogP contribution in [0.15, 0.2) is 53.4 Å². The molecule has 0 aliphatic heterocycles. The molecule has 0 bridgehead atoms. The topological polar surface area (TPSA) is 52.9 Å². The van der Waals surface area contributed by atoms with Gasteiger partial charge in [0.2, 0.25) is 5.91 Å². The van der Waals surface area contributed by atoms with Gasteiger partial charge >= 0.3 is 0 Å². The second-order valence-electron chi connectivity index (χ2n) is 4.36. The predicted octanol–water partition coefficient (Wildman–Crippen LogP) is 3.82. The number of rotatable bonds is 4. The van der Waals surface area contributed by atoms with Crippen LogP contribution in [0.4, 0.5) is 10.1 Å². The fourth-order valence-corrected chi connectivity index (χ4v) is 2.56. The van der Waals surface area contributed by atoms with Gasteiger partial charge in [0.25, 0.3) is 0 Å². The molecule has 21 heavy (non-hydrogen) atoms. The van der Waals surface area contributed by atoms with Crippen molar-refractivity contribution in [2.75, 3.05) is 5.32 Å². The quantitative estimate of drug-likeness (QED) is 0.873. The number of carbonyl (C=O) groups is 1. The lowest BCUT2D eigenvalue weighted by atomic mass is 10.2. The third-order valence-corrected chi connectivity index (χ3v) is 3.91. The first-order chi connectivity index (χ1) is 10.1. The highest BCUT2D eigenvalue weighted by Crippen LogP contribution is 2.24. The standard InChI is InChI=1S/C16H13FN2OS/c1-11(21-14-8-6-13(17)7-9-14)16(20)19-15-5-3-2-4-12(15)10-18/h2-9,11H,1H3,(H,19,20)/t11-/m1/s1. The highest BCUT2D eigenvalue weighted by molar-refractivity contribution is 8.00. The smallest absolute Gasteiger partial charge is 0.237 e. The summed E-state index contributed by atoms with van der Waals surface area (Å²) in [6, 6.07) is 14.8. The summed E-state index contributed by atoms with van der Waals surface area (Å²) in [5.41, 5.74) is 0.918. The number of thioether (sulfide) groups is 1. The summed E-state index contributed by atoms with van der Waals surface area (Å²) in [6.45, 7) is 1.76. The molecule has 0 unspecified atom stereocenters. The van der Waals surface area contributed by atoms with Crippen molar-refractivity contribution in [1.82, 2.24) is 0 Å². The Hall–Kier alpha value is -2.32. The number of nitrogens with one attached hydrogen (secondary N) is 1. The van der Waals surface area contributed by atoms with Crippen LogP contribution in [0, 0.1) is 17.1 Å². The van der Waals surface area contributed by atoms with Gasteiger partial charge in [0.1, 0.15) is 11.9 Å². The molecule has 3 nitrogen and oxygen atoms in total. The van der Waals surface area contributed by atoms with Crippen LogP contribution >= 0.6 is 11.8 Å². The van der Waals surface area contributed by atoms with Gasteiger partial charge in [0, 0.05) is 4.90 Å². The first kappa shape index (κ1) is 15.1. The Bertz CT molecular complexity index is 679. The lowest BCUT2D eigenvalue weighted by Crippen LogP contribution is -2.22. The monoisotopic (exact) mass is 300 g/mol. The average Bonchev–Trinajstić information content (AvgIpc) is 2.50. The Morgan fingerprint density at radius 1 is 1.24 bits per heavy atom. The predicted molar refractivity (Wildman–Crippen MR) is 81.5 cm³/mol. The number of nitrogens with zero attached hydrogens (tertiary/aromatic N) is 1. The molecule has 2 rings (SSSR count). The fraction of sp³-hybridized carbons (Fsp3) is 0.125. The van der Waals surface area contributed by atoms with E-state index in [-0.39, 0.29) is 17.0 Å². The molecule has 0 saturated heterocycles. The molecule has 1 N–H and O–H groups in total. The first-order valence-corrected chi connectivity index (χ1v) is 7.20. The van der Waals surface area contributed by atoms with Gasteiger partial charge in [-0.05, 0) is 43.3 Å². The number of halogens is 1. The molecule has 0 heterocycles. The van der Waals surface area contributed by atoms with Crippen molar-refractivity contribution in [3.8, 4) is 6.07 Å². The Balaban J connectivity index is 2.03. The van der Waals surface area contributed by atoms with Gasteiger partial charge in [-0.3, -0.25) is 4.79 Å². The summed E-state index contributed by atoms with van der Waals surface area (Å²) in [7, 11) is 0. The van der Waals surface area contributed by atoms with E-state index >= 15 is 0 Å². The minimum Gasteiger partial charge on any atom is -0.324 e. The Kier molecular flexibility index (Phi) is 4.96. The number of hydrogen-bond acceptors (Lipinski definition) is 3. The number of para-hydroxylation sites is 1. The highest BCUT2D eigenvalue weighted by atomic mass is 32.2. The molecule has 106 valence electrons. The summed E-state index contributed by atoms with van der Waals surface area (Å²) < 4.78 is 12.8. The molecule has 0 radical (unpaired) electrons. The maximum Gasteiger partial charge on any atom is 0.237 e. The van der Waals surface area contributed by atoms with Gasteiger partial charge in [0.15, 0.2) is 0 Å². The lowest BCUT2D eigenvalue weighted by Gasteiger charge is -2.12. The van der Waals surface area contributed by atoms with Crippen molar-refractivity contribution in [2.24, 2.45) is 0 Å². The van der Waals surface area contributed by atoms with Crippen molar-refractivity contribution in [3.05, 3.63) is 59.9 Å². The van der Waals surface area contributed by atoms with Crippen LogP contribution < -0.4 is 5.32 Å². The van der Waals surface area contributed by atoms with Gasteiger partial charge in [-0.15, -0.1) is 11.8 Å². The molecule has 0 fully saturated rings. The van der Waals surface area contributed by atoms with Crippen LogP contribution in [0.3, 0.4) is 0 Å². The maximum absolute atomic E-state index is 12.8. The largest absolute Gasteiger partial charge is 0.324 e. The van der Waals surface area contributed by atoms with Gasteiger partial charge in [-0.2, -0.15) is 5.26 Å². The molecule has 0 aliphatic rings.